The van der Waals surface area contributed by atoms with Crippen LogP contribution in [0.15, 0.2) is 28.7 Å². The average Bonchev–Trinajstić information content (AvgIpc) is 3.22. The van der Waals surface area contributed by atoms with Crippen LogP contribution in [0.3, 0.4) is 0 Å². The van der Waals surface area contributed by atoms with Crippen molar-refractivity contribution in [3.05, 3.63) is 28.7 Å². The van der Waals surface area contributed by atoms with Crippen molar-refractivity contribution in [1.82, 2.24) is 5.32 Å². The van der Waals surface area contributed by atoms with Crippen molar-refractivity contribution < 1.29 is 9.47 Å². The number of halogens is 1. The van der Waals surface area contributed by atoms with Crippen molar-refractivity contribution in [3.63, 3.8) is 0 Å². The van der Waals surface area contributed by atoms with Gasteiger partial charge in [0.1, 0.15) is 5.75 Å². The molecule has 116 valence electrons. The van der Waals surface area contributed by atoms with E-state index in [1.165, 1.54) is 12.8 Å². The van der Waals surface area contributed by atoms with Gasteiger partial charge in [-0.1, -0.05) is 22.0 Å². The van der Waals surface area contributed by atoms with Gasteiger partial charge in [-0.15, -0.1) is 0 Å². The summed E-state index contributed by atoms with van der Waals surface area (Å²) in [6.45, 7) is 4.89. The maximum Gasteiger partial charge on any atom is 0.120 e. The van der Waals surface area contributed by atoms with Crippen LogP contribution in [0.2, 0.25) is 0 Å². The van der Waals surface area contributed by atoms with E-state index in [0.29, 0.717) is 6.10 Å². The van der Waals surface area contributed by atoms with Gasteiger partial charge in [0.25, 0.3) is 0 Å². The molecule has 21 heavy (non-hydrogen) atoms. The lowest BCUT2D eigenvalue weighted by Crippen LogP contribution is -2.41. The minimum atomic E-state index is 0.231. The van der Waals surface area contributed by atoms with Crippen molar-refractivity contribution in [3.8, 4) is 5.75 Å². The molecule has 1 aliphatic carbocycles. The number of benzene rings is 1. The third-order valence-corrected chi connectivity index (χ3v) is 5.31. The smallest absolute Gasteiger partial charge is 0.120 e. The number of nitrogens with one attached hydrogen (secondary N) is 1. The molecule has 1 saturated carbocycles. The van der Waals surface area contributed by atoms with E-state index in [0.717, 1.165) is 48.9 Å². The van der Waals surface area contributed by atoms with Gasteiger partial charge in [-0.2, -0.15) is 0 Å². The molecule has 1 heterocycles. The molecular formula is C17H24BrNO2. The summed E-state index contributed by atoms with van der Waals surface area (Å²) in [5, 5.41) is 3.68. The Morgan fingerprint density at radius 1 is 1.43 bits per heavy atom. The van der Waals surface area contributed by atoms with E-state index in [4.69, 9.17) is 9.47 Å². The van der Waals surface area contributed by atoms with Gasteiger partial charge in [0.15, 0.2) is 0 Å². The van der Waals surface area contributed by atoms with Crippen LogP contribution in [0.25, 0.3) is 0 Å². The summed E-state index contributed by atoms with van der Waals surface area (Å²) in [5.74, 6) is 0.932. The highest BCUT2D eigenvalue weighted by molar-refractivity contribution is 9.10. The SMILES string of the molecule is CC1OCCC1(CCOc1cccc(Br)c1)CNC1CC1. The molecule has 0 spiro atoms. The average molecular weight is 354 g/mol. The molecule has 2 fully saturated rings. The summed E-state index contributed by atoms with van der Waals surface area (Å²) in [4.78, 5) is 0. The first-order valence-corrected chi connectivity index (χ1v) is 8.71. The number of hydrogen-bond donors (Lipinski definition) is 1. The van der Waals surface area contributed by atoms with E-state index in [2.05, 4.69) is 28.2 Å². The third-order valence-electron chi connectivity index (χ3n) is 4.82. The Bertz CT molecular complexity index is 478. The number of rotatable bonds is 7. The molecule has 3 rings (SSSR count). The summed E-state index contributed by atoms with van der Waals surface area (Å²) in [5.41, 5.74) is 0.231. The van der Waals surface area contributed by atoms with E-state index in [1.54, 1.807) is 0 Å². The normalized spacial score (nSPS) is 28.8. The Balaban J connectivity index is 1.54. The second kappa shape index (κ2) is 6.67. The van der Waals surface area contributed by atoms with E-state index < -0.39 is 0 Å². The van der Waals surface area contributed by atoms with E-state index in [1.807, 2.05) is 24.3 Å². The first-order valence-electron chi connectivity index (χ1n) is 7.91. The van der Waals surface area contributed by atoms with Crippen LogP contribution in [0.5, 0.6) is 5.75 Å². The molecule has 1 aromatic rings. The predicted octanol–water partition coefficient (Wildman–Crippen LogP) is 3.77. The van der Waals surface area contributed by atoms with E-state index in [9.17, 15) is 0 Å². The number of hydrogen-bond acceptors (Lipinski definition) is 3. The second-order valence-electron chi connectivity index (χ2n) is 6.34. The maximum absolute atomic E-state index is 5.93. The third kappa shape index (κ3) is 3.99. The minimum Gasteiger partial charge on any atom is -0.494 e. The zero-order chi connectivity index (χ0) is 14.7. The minimum absolute atomic E-state index is 0.231. The largest absolute Gasteiger partial charge is 0.494 e. The molecule has 1 aliphatic heterocycles. The van der Waals surface area contributed by atoms with Gasteiger partial charge in [-0.3, -0.25) is 0 Å². The number of ether oxygens (including phenoxy) is 2. The first-order chi connectivity index (χ1) is 10.2. The Morgan fingerprint density at radius 3 is 2.95 bits per heavy atom. The van der Waals surface area contributed by atoms with Gasteiger partial charge in [0.2, 0.25) is 0 Å². The summed E-state index contributed by atoms with van der Waals surface area (Å²) < 4.78 is 12.8. The molecule has 0 radical (unpaired) electrons. The van der Waals surface area contributed by atoms with Crippen molar-refractivity contribution in [1.29, 1.82) is 0 Å². The first kappa shape index (κ1) is 15.3. The second-order valence-corrected chi connectivity index (χ2v) is 7.25. The zero-order valence-electron chi connectivity index (χ0n) is 12.6. The summed E-state index contributed by atoms with van der Waals surface area (Å²) in [6, 6.07) is 8.80. The van der Waals surface area contributed by atoms with Gasteiger partial charge in [0.05, 0.1) is 12.7 Å². The molecule has 2 aliphatic rings. The Morgan fingerprint density at radius 2 is 2.29 bits per heavy atom. The zero-order valence-corrected chi connectivity index (χ0v) is 14.2. The van der Waals surface area contributed by atoms with Gasteiger partial charge in [-0.05, 0) is 50.8 Å². The molecule has 0 amide bonds. The maximum atomic E-state index is 5.93. The van der Waals surface area contributed by atoms with Crippen LogP contribution < -0.4 is 10.1 Å². The fraction of sp³-hybridized carbons (Fsp3) is 0.647. The molecule has 3 nitrogen and oxygen atoms in total. The lowest BCUT2D eigenvalue weighted by Gasteiger charge is -2.32. The Kier molecular flexibility index (Phi) is 4.87. The molecule has 2 unspecified atom stereocenters. The molecule has 4 heteroatoms. The van der Waals surface area contributed by atoms with Crippen LogP contribution >= 0.6 is 15.9 Å². The fourth-order valence-electron chi connectivity index (χ4n) is 3.03. The Hall–Kier alpha value is -0.580. The van der Waals surface area contributed by atoms with Crippen molar-refractivity contribution in [2.24, 2.45) is 5.41 Å². The molecular weight excluding hydrogens is 330 g/mol. The summed E-state index contributed by atoms with van der Waals surface area (Å²) in [7, 11) is 0. The highest BCUT2D eigenvalue weighted by Crippen LogP contribution is 2.38. The van der Waals surface area contributed by atoms with Crippen LogP contribution in [-0.2, 0) is 4.74 Å². The molecule has 2 atom stereocenters. The quantitative estimate of drug-likeness (QED) is 0.809. The molecule has 1 saturated heterocycles. The van der Waals surface area contributed by atoms with Crippen molar-refractivity contribution in [2.45, 2.75) is 44.8 Å². The van der Waals surface area contributed by atoms with Crippen LogP contribution in [0.4, 0.5) is 0 Å². The molecule has 1 aromatic carbocycles. The lowest BCUT2D eigenvalue weighted by atomic mass is 9.78. The van der Waals surface area contributed by atoms with Crippen LogP contribution in [0, 0.1) is 5.41 Å². The van der Waals surface area contributed by atoms with E-state index >= 15 is 0 Å². The fourth-order valence-corrected chi connectivity index (χ4v) is 3.41. The summed E-state index contributed by atoms with van der Waals surface area (Å²) in [6.07, 6.45) is 5.16. The van der Waals surface area contributed by atoms with Gasteiger partial charge >= 0.3 is 0 Å². The van der Waals surface area contributed by atoms with Crippen molar-refractivity contribution in [2.75, 3.05) is 19.8 Å². The van der Waals surface area contributed by atoms with Gasteiger partial charge in [0, 0.05) is 29.1 Å². The van der Waals surface area contributed by atoms with E-state index in [-0.39, 0.29) is 5.41 Å². The van der Waals surface area contributed by atoms with Crippen LogP contribution in [-0.4, -0.2) is 31.9 Å². The monoisotopic (exact) mass is 353 g/mol. The lowest BCUT2D eigenvalue weighted by molar-refractivity contribution is 0.0502. The highest BCUT2D eigenvalue weighted by atomic mass is 79.9. The predicted molar refractivity (Wildman–Crippen MR) is 87.7 cm³/mol. The summed E-state index contributed by atoms with van der Waals surface area (Å²) >= 11 is 3.48. The topological polar surface area (TPSA) is 30.5 Å². The molecule has 0 bridgehead atoms. The highest BCUT2D eigenvalue weighted by Gasteiger charge is 2.42. The standard InChI is InChI=1S/C17H24BrNO2/c1-13-17(7-9-20-13,12-19-15-5-6-15)8-10-21-16-4-2-3-14(18)11-16/h2-4,11,13,15,19H,5-10,12H2,1H3. The molecule has 0 aromatic heterocycles. The Labute approximate surface area is 135 Å². The van der Waals surface area contributed by atoms with Crippen molar-refractivity contribution >= 4 is 15.9 Å². The van der Waals surface area contributed by atoms with Crippen LogP contribution in [0.1, 0.15) is 32.6 Å². The molecule has 1 N–H and O–H groups in total. The van der Waals surface area contributed by atoms with Gasteiger partial charge < -0.3 is 14.8 Å². The van der Waals surface area contributed by atoms with Gasteiger partial charge in [-0.25, -0.2) is 0 Å².